The number of pyridine rings is 1. The van der Waals surface area contributed by atoms with Crippen LogP contribution in [-0.2, 0) is 32.6 Å². The van der Waals surface area contributed by atoms with Crippen molar-refractivity contribution in [3.63, 3.8) is 0 Å². The minimum atomic E-state index is 0.271. The number of para-hydroxylation sites is 2. The van der Waals surface area contributed by atoms with Crippen LogP contribution in [0.4, 0.5) is 0 Å². The van der Waals surface area contributed by atoms with Crippen molar-refractivity contribution in [1.82, 2.24) is 35.4 Å². The maximum absolute atomic E-state index is 4.88. The van der Waals surface area contributed by atoms with Gasteiger partial charge in [-0.3, -0.25) is 15.0 Å². The lowest BCUT2D eigenvalue weighted by molar-refractivity contribution is 0.153. The minimum Gasteiger partial charge on any atom is -0.341 e. The smallest absolute Gasteiger partial charge is 0.121 e. The summed E-state index contributed by atoms with van der Waals surface area (Å²) in [5.41, 5.74) is 8.29. The number of imidazole rings is 1. The fourth-order valence-electron chi connectivity index (χ4n) is 5.24. The molecule has 3 heterocycles. The molecule has 0 bridgehead atoms. The highest BCUT2D eigenvalue weighted by atomic mass is 79.9. The van der Waals surface area contributed by atoms with E-state index in [9.17, 15) is 0 Å². The van der Waals surface area contributed by atoms with Crippen LogP contribution >= 0.6 is 15.9 Å². The molecule has 0 spiro atoms. The van der Waals surface area contributed by atoms with Crippen LogP contribution in [0.5, 0.6) is 0 Å². The Balaban J connectivity index is 1.20. The molecule has 7 nitrogen and oxygen atoms in total. The van der Waals surface area contributed by atoms with Gasteiger partial charge >= 0.3 is 0 Å². The number of rotatable bonds is 9. The van der Waals surface area contributed by atoms with Crippen LogP contribution in [0.15, 0.2) is 77.5 Å². The summed E-state index contributed by atoms with van der Waals surface area (Å²) in [6, 6.07) is 21.7. The van der Waals surface area contributed by atoms with E-state index in [4.69, 9.17) is 9.97 Å². The lowest BCUT2D eigenvalue weighted by Crippen LogP contribution is -2.31. The molecule has 1 aliphatic carbocycles. The first-order valence-electron chi connectivity index (χ1n) is 12.8. The normalized spacial score (nSPS) is 15.4. The number of hydrogen-bond donors (Lipinski definition) is 3. The van der Waals surface area contributed by atoms with Gasteiger partial charge in [-0.2, -0.15) is 5.10 Å². The molecule has 0 saturated carbocycles. The van der Waals surface area contributed by atoms with E-state index in [0.29, 0.717) is 0 Å². The van der Waals surface area contributed by atoms with E-state index >= 15 is 0 Å². The van der Waals surface area contributed by atoms with Crippen LogP contribution in [0.25, 0.3) is 11.0 Å². The molecular weight excluding hydrogens is 526 g/mol. The highest BCUT2D eigenvalue weighted by molar-refractivity contribution is 9.10. The summed E-state index contributed by atoms with van der Waals surface area (Å²) < 4.78 is 0.999. The monoisotopic (exact) mass is 555 g/mol. The van der Waals surface area contributed by atoms with Gasteiger partial charge in [-0.25, -0.2) is 4.98 Å². The first-order chi connectivity index (χ1) is 18.2. The Labute approximate surface area is 224 Å². The molecule has 0 amide bonds. The Morgan fingerprint density at radius 3 is 2.68 bits per heavy atom. The third kappa shape index (κ3) is 5.51. The first kappa shape index (κ1) is 24.0. The van der Waals surface area contributed by atoms with E-state index < -0.39 is 0 Å². The second-order valence-corrected chi connectivity index (χ2v) is 10.5. The van der Waals surface area contributed by atoms with Crippen molar-refractivity contribution >= 4 is 27.0 Å². The van der Waals surface area contributed by atoms with Gasteiger partial charge in [0.15, 0.2) is 0 Å². The van der Waals surface area contributed by atoms with Crippen molar-refractivity contribution in [2.45, 2.75) is 51.5 Å². The second kappa shape index (κ2) is 11.0. The van der Waals surface area contributed by atoms with Crippen LogP contribution in [0.3, 0.4) is 0 Å². The van der Waals surface area contributed by atoms with E-state index in [-0.39, 0.29) is 6.04 Å². The molecular formula is C29H30BrN7. The predicted molar refractivity (Wildman–Crippen MR) is 149 cm³/mol. The number of aromatic amines is 2. The summed E-state index contributed by atoms with van der Waals surface area (Å²) in [5, 5.41) is 10.5. The number of fused-ring (bicyclic) bond motifs is 2. The number of halogens is 1. The van der Waals surface area contributed by atoms with Crippen molar-refractivity contribution in [2.24, 2.45) is 0 Å². The fourth-order valence-corrected chi connectivity index (χ4v) is 5.57. The van der Waals surface area contributed by atoms with Crippen LogP contribution in [-0.4, -0.2) is 30.0 Å². The van der Waals surface area contributed by atoms with Crippen LogP contribution in [0.1, 0.15) is 52.8 Å². The maximum atomic E-state index is 4.88. The summed E-state index contributed by atoms with van der Waals surface area (Å²) in [5.74, 6) is 0.995. The number of hydrogen-bond acceptors (Lipinski definition) is 5. The molecule has 3 N–H and O–H groups in total. The molecule has 0 saturated heterocycles. The van der Waals surface area contributed by atoms with Gasteiger partial charge in [0.05, 0.1) is 45.7 Å². The van der Waals surface area contributed by atoms with Crippen LogP contribution < -0.4 is 5.32 Å². The number of H-pyrrole nitrogens is 2. The summed E-state index contributed by atoms with van der Waals surface area (Å²) in [6.45, 7) is 3.13. The zero-order chi connectivity index (χ0) is 25.0. The quantitative estimate of drug-likeness (QED) is 0.213. The molecule has 5 aromatic rings. The van der Waals surface area contributed by atoms with Crippen LogP contribution in [0.2, 0.25) is 0 Å². The van der Waals surface area contributed by atoms with Gasteiger partial charge in [-0.1, -0.05) is 42.5 Å². The van der Waals surface area contributed by atoms with E-state index in [2.05, 4.69) is 89.9 Å². The van der Waals surface area contributed by atoms with E-state index in [1.165, 1.54) is 28.8 Å². The maximum Gasteiger partial charge on any atom is 0.121 e. The molecule has 0 radical (unpaired) electrons. The van der Waals surface area contributed by atoms with Crippen molar-refractivity contribution in [3.05, 3.63) is 111 Å². The number of aromatic nitrogens is 5. The molecule has 1 atom stereocenters. The molecule has 0 aliphatic heterocycles. The standard InChI is InChI=1S/C29H30BrN7/c30-23-16-33-36-26(23)17-31-15-20-10-12-21(13-11-20)18-37(19-28-34-24-7-1-2-8-25(24)35-28)27-9-3-5-22-6-4-14-32-29(22)27/h1-2,4,6-8,10-14,16,27,31H,3,5,9,15,17-19H2,(H,33,36)(H,34,35). The average molecular weight is 557 g/mol. The molecule has 188 valence electrons. The highest BCUT2D eigenvalue weighted by Gasteiger charge is 2.28. The van der Waals surface area contributed by atoms with Gasteiger partial charge in [-0.05, 0) is 70.1 Å². The molecule has 1 aliphatic rings. The van der Waals surface area contributed by atoms with E-state index in [0.717, 1.165) is 66.0 Å². The average Bonchev–Trinajstić information content (AvgIpc) is 3.54. The Kier molecular flexibility index (Phi) is 7.12. The Bertz CT molecular complexity index is 1440. The third-order valence-electron chi connectivity index (χ3n) is 7.10. The molecule has 8 heteroatoms. The summed E-state index contributed by atoms with van der Waals surface area (Å²) >= 11 is 3.51. The summed E-state index contributed by atoms with van der Waals surface area (Å²) in [4.78, 5) is 15.8. The zero-order valence-corrected chi connectivity index (χ0v) is 22.2. The van der Waals surface area contributed by atoms with Gasteiger partial charge < -0.3 is 10.3 Å². The minimum absolute atomic E-state index is 0.271. The van der Waals surface area contributed by atoms with Crippen molar-refractivity contribution < 1.29 is 0 Å². The first-order valence-corrected chi connectivity index (χ1v) is 13.6. The number of nitrogens with zero attached hydrogens (tertiary/aromatic N) is 4. The SMILES string of the molecule is Brc1cn[nH]c1CNCc1ccc(CN(Cc2nc3ccccc3[nH]2)C2CCCc3cccnc32)cc1. The Morgan fingerprint density at radius 2 is 1.84 bits per heavy atom. The van der Waals surface area contributed by atoms with Gasteiger partial charge in [0.25, 0.3) is 0 Å². The molecule has 0 fully saturated rings. The van der Waals surface area contributed by atoms with Gasteiger partial charge in [0, 0.05) is 25.8 Å². The second-order valence-electron chi connectivity index (χ2n) is 9.68. The molecule has 6 rings (SSSR count). The largest absolute Gasteiger partial charge is 0.341 e. The van der Waals surface area contributed by atoms with Crippen molar-refractivity contribution in [2.75, 3.05) is 0 Å². The van der Waals surface area contributed by atoms with Crippen molar-refractivity contribution in [1.29, 1.82) is 0 Å². The highest BCUT2D eigenvalue weighted by Crippen LogP contribution is 2.34. The molecule has 2 aromatic carbocycles. The molecule has 37 heavy (non-hydrogen) atoms. The summed E-state index contributed by atoms with van der Waals surface area (Å²) in [6.07, 6.45) is 7.10. The zero-order valence-electron chi connectivity index (χ0n) is 20.6. The van der Waals surface area contributed by atoms with E-state index in [1.54, 1.807) is 6.20 Å². The van der Waals surface area contributed by atoms with Crippen LogP contribution in [0, 0.1) is 0 Å². The lowest BCUT2D eigenvalue weighted by Gasteiger charge is -2.34. The lowest BCUT2D eigenvalue weighted by atomic mass is 9.90. The van der Waals surface area contributed by atoms with Crippen molar-refractivity contribution in [3.8, 4) is 0 Å². The number of benzene rings is 2. The Morgan fingerprint density at radius 1 is 0.973 bits per heavy atom. The summed E-state index contributed by atoms with van der Waals surface area (Å²) in [7, 11) is 0. The molecule has 1 unspecified atom stereocenters. The Hall–Kier alpha value is -3.33. The van der Waals surface area contributed by atoms with Gasteiger partial charge in [-0.15, -0.1) is 0 Å². The van der Waals surface area contributed by atoms with Gasteiger partial charge in [0.2, 0.25) is 0 Å². The number of aryl methyl sites for hydroxylation is 1. The number of nitrogens with one attached hydrogen (secondary N) is 3. The topological polar surface area (TPSA) is 85.5 Å². The predicted octanol–water partition coefficient (Wildman–Crippen LogP) is 5.81. The molecule has 3 aromatic heterocycles. The van der Waals surface area contributed by atoms with Gasteiger partial charge in [0.1, 0.15) is 5.82 Å². The fraction of sp³-hybridized carbons (Fsp3) is 0.276. The third-order valence-corrected chi connectivity index (χ3v) is 7.79. The van der Waals surface area contributed by atoms with E-state index in [1.807, 2.05) is 18.3 Å².